The number of hydrogen-bond acceptors (Lipinski definition) is 2. The van der Waals surface area contributed by atoms with Crippen molar-refractivity contribution < 1.29 is 9.53 Å². The summed E-state index contributed by atoms with van der Waals surface area (Å²) in [5.74, 6) is 1.89. The maximum atomic E-state index is 12.1. The zero-order valence-corrected chi connectivity index (χ0v) is 12.9. The highest BCUT2D eigenvalue weighted by molar-refractivity contribution is 6.30. The molecule has 0 saturated carbocycles. The monoisotopic (exact) mass is 315 g/mol. The largest absolute Gasteiger partial charge is 0.484 e. The molecule has 110 valence electrons. The maximum Gasteiger partial charge on any atom is 0.260 e. The van der Waals surface area contributed by atoms with Gasteiger partial charge in [0, 0.05) is 24.0 Å². The van der Waals surface area contributed by atoms with E-state index in [1.165, 1.54) is 0 Å². The number of ether oxygens (including phenoxy) is 1. The van der Waals surface area contributed by atoms with Crippen LogP contribution < -0.4 is 4.74 Å². The van der Waals surface area contributed by atoms with Gasteiger partial charge in [-0.2, -0.15) is 0 Å². The number of carbonyl (C=O) groups excluding carboxylic acids is 1. The number of piperidine rings is 1. The van der Waals surface area contributed by atoms with Gasteiger partial charge in [-0.3, -0.25) is 4.79 Å². The van der Waals surface area contributed by atoms with Gasteiger partial charge in [-0.25, -0.2) is 0 Å². The Bertz CT molecular complexity index is 434. The first-order chi connectivity index (χ1) is 9.69. The predicted octanol–water partition coefficient (Wildman–Crippen LogP) is 3.59. The maximum absolute atomic E-state index is 12.1. The zero-order valence-electron chi connectivity index (χ0n) is 11.4. The van der Waals surface area contributed by atoms with Crippen molar-refractivity contribution in [2.24, 2.45) is 5.92 Å². The summed E-state index contributed by atoms with van der Waals surface area (Å²) in [5.41, 5.74) is 0. The van der Waals surface area contributed by atoms with Gasteiger partial charge >= 0.3 is 0 Å². The van der Waals surface area contributed by atoms with E-state index in [9.17, 15) is 4.79 Å². The quantitative estimate of drug-likeness (QED) is 0.777. The summed E-state index contributed by atoms with van der Waals surface area (Å²) in [5, 5.41) is 0.656. The van der Waals surface area contributed by atoms with Crippen LogP contribution in [0.1, 0.15) is 19.3 Å². The Balaban J connectivity index is 1.80. The Morgan fingerprint density at radius 2 is 2.10 bits per heavy atom. The normalized spacial score (nSPS) is 18.9. The fraction of sp³-hybridized carbons (Fsp3) is 0.533. The second-order valence-electron chi connectivity index (χ2n) is 5.07. The van der Waals surface area contributed by atoms with Crippen molar-refractivity contribution in [1.29, 1.82) is 0 Å². The number of amides is 1. The van der Waals surface area contributed by atoms with Crippen molar-refractivity contribution in [1.82, 2.24) is 4.90 Å². The van der Waals surface area contributed by atoms with E-state index >= 15 is 0 Å². The van der Waals surface area contributed by atoms with Crippen LogP contribution in [0.4, 0.5) is 0 Å². The number of rotatable bonds is 5. The minimum absolute atomic E-state index is 0.0409. The zero-order chi connectivity index (χ0) is 14.4. The SMILES string of the molecule is O=C(COc1ccc(Cl)cc1)N1CCCC(CCCl)C1. The molecule has 1 aliphatic rings. The van der Waals surface area contributed by atoms with E-state index < -0.39 is 0 Å². The van der Waals surface area contributed by atoms with Crippen molar-refractivity contribution in [3.05, 3.63) is 29.3 Å². The van der Waals surface area contributed by atoms with E-state index in [1.54, 1.807) is 24.3 Å². The Labute approximate surface area is 129 Å². The van der Waals surface area contributed by atoms with E-state index in [4.69, 9.17) is 27.9 Å². The molecule has 1 amide bonds. The average molecular weight is 316 g/mol. The number of alkyl halides is 1. The highest BCUT2D eigenvalue weighted by atomic mass is 35.5. The first-order valence-corrected chi connectivity index (χ1v) is 7.82. The summed E-state index contributed by atoms with van der Waals surface area (Å²) in [6.07, 6.45) is 3.19. The van der Waals surface area contributed by atoms with Crippen molar-refractivity contribution in [2.45, 2.75) is 19.3 Å². The lowest BCUT2D eigenvalue weighted by molar-refractivity contribution is -0.135. The van der Waals surface area contributed by atoms with Crippen molar-refractivity contribution in [3.63, 3.8) is 0 Å². The van der Waals surface area contributed by atoms with E-state index in [-0.39, 0.29) is 12.5 Å². The van der Waals surface area contributed by atoms with Crippen LogP contribution >= 0.6 is 23.2 Å². The molecule has 5 heteroatoms. The third-order valence-electron chi connectivity index (χ3n) is 3.57. The van der Waals surface area contributed by atoms with E-state index in [1.807, 2.05) is 4.90 Å². The average Bonchev–Trinajstić information content (AvgIpc) is 2.47. The molecule has 1 unspecified atom stereocenters. The summed E-state index contributed by atoms with van der Waals surface area (Å²) in [7, 11) is 0. The van der Waals surface area contributed by atoms with E-state index in [0.717, 1.165) is 32.4 Å². The number of nitrogens with zero attached hydrogens (tertiary/aromatic N) is 1. The topological polar surface area (TPSA) is 29.5 Å². The summed E-state index contributed by atoms with van der Waals surface area (Å²) >= 11 is 11.6. The molecule has 0 aromatic heterocycles. The summed E-state index contributed by atoms with van der Waals surface area (Å²) in [6, 6.07) is 7.03. The van der Waals surface area contributed by atoms with Crippen LogP contribution in [0.2, 0.25) is 5.02 Å². The highest BCUT2D eigenvalue weighted by Gasteiger charge is 2.23. The lowest BCUT2D eigenvalue weighted by atomic mass is 9.95. The molecule has 3 nitrogen and oxygen atoms in total. The van der Waals surface area contributed by atoms with Gasteiger partial charge in [-0.15, -0.1) is 11.6 Å². The highest BCUT2D eigenvalue weighted by Crippen LogP contribution is 2.20. The van der Waals surface area contributed by atoms with Crippen LogP contribution in [0.15, 0.2) is 24.3 Å². The van der Waals surface area contributed by atoms with Gasteiger partial charge in [-0.1, -0.05) is 11.6 Å². The summed E-state index contributed by atoms with van der Waals surface area (Å²) < 4.78 is 5.50. The molecule has 0 radical (unpaired) electrons. The molecule has 1 saturated heterocycles. The van der Waals surface area contributed by atoms with Crippen LogP contribution in [0, 0.1) is 5.92 Å². The van der Waals surface area contributed by atoms with Crippen LogP contribution in [-0.2, 0) is 4.79 Å². The second-order valence-corrected chi connectivity index (χ2v) is 5.88. The fourth-order valence-electron chi connectivity index (χ4n) is 2.45. The molecule has 1 aromatic carbocycles. The van der Waals surface area contributed by atoms with Crippen LogP contribution in [-0.4, -0.2) is 36.4 Å². The third-order valence-corrected chi connectivity index (χ3v) is 4.04. The lowest BCUT2D eigenvalue weighted by Gasteiger charge is -2.32. The minimum Gasteiger partial charge on any atom is -0.484 e. The van der Waals surface area contributed by atoms with Gasteiger partial charge in [0.15, 0.2) is 6.61 Å². The summed E-state index contributed by atoms with van der Waals surface area (Å²) in [6.45, 7) is 1.70. The van der Waals surface area contributed by atoms with Gasteiger partial charge in [0.05, 0.1) is 0 Å². The molecular weight excluding hydrogens is 297 g/mol. The first kappa shape index (κ1) is 15.5. The van der Waals surface area contributed by atoms with Crippen LogP contribution in [0.5, 0.6) is 5.75 Å². The number of carbonyl (C=O) groups is 1. The van der Waals surface area contributed by atoms with Crippen LogP contribution in [0.25, 0.3) is 0 Å². The molecule has 0 N–H and O–H groups in total. The number of hydrogen-bond donors (Lipinski definition) is 0. The Kier molecular flexibility index (Phi) is 5.99. The number of halogens is 2. The van der Waals surface area contributed by atoms with E-state index in [2.05, 4.69) is 0 Å². The van der Waals surface area contributed by atoms with Crippen molar-refractivity contribution in [3.8, 4) is 5.75 Å². The predicted molar refractivity (Wildman–Crippen MR) is 81.6 cm³/mol. The Morgan fingerprint density at radius 1 is 1.35 bits per heavy atom. The molecule has 0 aliphatic carbocycles. The van der Waals surface area contributed by atoms with Gasteiger partial charge in [-0.05, 0) is 49.4 Å². The van der Waals surface area contributed by atoms with E-state index in [0.29, 0.717) is 22.6 Å². The molecule has 1 fully saturated rings. The van der Waals surface area contributed by atoms with Gasteiger partial charge in [0.25, 0.3) is 5.91 Å². The summed E-state index contributed by atoms with van der Waals surface area (Å²) in [4.78, 5) is 14.0. The smallest absolute Gasteiger partial charge is 0.260 e. The fourth-order valence-corrected chi connectivity index (χ4v) is 2.88. The molecule has 1 aliphatic heterocycles. The number of likely N-dealkylation sites (tertiary alicyclic amines) is 1. The lowest BCUT2D eigenvalue weighted by Crippen LogP contribution is -2.42. The third kappa shape index (κ3) is 4.57. The number of benzene rings is 1. The van der Waals surface area contributed by atoms with Crippen molar-refractivity contribution in [2.75, 3.05) is 25.6 Å². The van der Waals surface area contributed by atoms with Gasteiger partial charge in [0.2, 0.25) is 0 Å². The Hall–Kier alpha value is -0.930. The molecule has 20 heavy (non-hydrogen) atoms. The first-order valence-electron chi connectivity index (χ1n) is 6.91. The molecule has 0 bridgehead atoms. The minimum atomic E-state index is 0.0409. The molecule has 1 heterocycles. The molecule has 0 spiro atoms. The second kappa shape index (κ2) is 7.75. The molecular formula is C15H19Cl2NO2. The van der Waals surface area contributed by atoms with Gasteiger partial charge in [0.1, 0.15) is 5.75 Å². The molecule has 2 rings (SSSR count). The van der Waals surface area contributed by atoms with Crippen molar-refractivity contribution >= 4 is 29.1 Å². The van der Waals surface area contributed by atoms with Crippen LogP contribution in [0.3, 0.4) is 0 Å². The molecule has 1 aromatic rings. The van der Waals surface area contributed by atoms with Gasteiger partial charge < -0.3 is 9.64 Å². The standard InChI is InChI=1S/C15H19Cl2NO2/c16-8-7-12-2-1-9-18(10-12)15(19)11-20-14-5-3-13(17)4-6-14/h3-6,12H,1-2,7-11H2. The molecule has 1 atom stereocenters. The Morgan fingerprint density at radius 3 is 2.80 bits per heavy atom.